The van der Waals surface area contributed by atoms with Gasteiger partial charge in [-0.2, -0.15) is 0 Å². The largest absolute Gasteiger partial charge is 0.345 e. The van der Waals surface area contributed by atoms with E-state index in [0.29, 0.717) is 0 Å². The lowest BCUT2D eigenvalue weighted by atomic mass is 9.96. The van der Waals surface area contributed by atoms with E-state index in [2.05, 4.69) is 127 Å². The fourth-order valence-corrected chi connectivity index (χ4v) is 3.33. The number of nitrogens with zero attached hydrogens (tertiary/aromatic N) is 1. The maximum atomic E-state index is 2.26. The summed E-state index contributed by atoms with van der Waals surface area (Å²) in [4.78, 5) is 2.20. The molecule has 4 rings (SSSR count). The highest BCUT2D eigenvalue weighted by Gasteiger charge is 2.06. The smallest absolute Gasteiger partial charge is 0.0408 e. The Kier molecular flexibility index (Phi) is 5.35. The average molecular weight is 361 g/mol. The van der Waals surface area contributed by atoms with Gasteiger partial charge in [0.05, 0.1) is 0 Å². The molecule has 0 aliphatic heterocycles. The van der Waals surface area contributed by atoms with Crippen molar-refractivity contribution in [1.29, 1.82) is 0 Å². The van der Waals surface area contributed by atoms with Crippen molar-refractivity contribution in [3.8, 4) is 0 Å². The predicted octanol–water partition coefficient (Wildman–Crippen LogP) is 7.04. The quantitative estimate of drug-likeness (QED) is 0.344. The summed E-state index contributed by atoms with van der Waals surface area (Å²) in [6.45, 7) is 0. The number of hydrogen-bond donors (Lipinski definition) is 0. The minimum Gasteiger partial charge on any atom is -0.345 e. The van der Waals surface area contributed by atoms with Gasteiger partial charge < -0.3 is 4.90 Å². The minimum atomic E-state index is 1.17. The van der Waals surface area contributed by atoms with Crippen molar-refractivity contribution >= 4 is 23.0 Å². The van der Waals surface area contributed by atoms with Crippen LogP contribution in [0.3, 0.4) is 0 Å². The van der Waals surface area contributed by atoms with Gasteiger partial charge >= 0.3 is 0 Å². The maximum Gasteiger partial charge on any atom is 0.0408 e. The predicted molar refractivity (Wildman–Crippen MR) is 121 cm³/mol. The van der Waals surface area contributed by atoms with Crippen LogP contribution in [-0.2, 0) is 0 Å². The second-order valence-electron chi connectivity index (χ2n) is 6.78. The van der Waals surface area contributed by atoms with E-state index in [1.807, 2.05) is 6.07 Å². The van der Waals surface area contributed by atoms with E-state index < -0.39 is 0 Å². The summed E-state index contributed by atoms with van der Waals surface area (Å²) in [5.41, 5.74) is 7.21. The molecule has 0 radical (unpaired) electrons. The lowest BCUT2D eigenvalue weighted by Gasteiger charge is -2.19. The highest BCUT2D eigenvalue weighted by atomic mass is 15.1. The summed E-state index contributed by atoms with van der Waals surface area (Å²) in [5.74, 6) is 0. The molecule has 0 fully saturated rings. The van der Waals surface area contributed by atoms with Crippen LogP contribution in [0.1, 0.15) is 16.7 Å². The third-order valence-electron chi connectivity index (χ3n) is 4.90. The Morgan fingerprint density at radius 2 is 0.964 bits per heavy atom. The van der Waals surface area contributed by atoms with Gasteiger partial charge in [-0.3, -0.25) is 0 Å². The van der Waals surface area contributed by atoms with Crippen LogP contribution in [0.2, 0.25) is 0 Å². The Morgan fingerprint density at radius 1 is 0.536 bits per heavy atom. The maximum absolute atomic E-state index is 2.26. The molecule has 0 saturated carbocycles. The molecular weight excluding hydrogens is 338 g/mol. The molecule has 1 heteroatoms. The van der Waals surface area contributed by atoms with Gasteiger partial charge in [-0.15, -0.1) is 0 Å². The molecule has 0 atom stereocenters. The van der Waals surface area contributed by atoms with Gasteiger partial charge in [-0.05, 0) is 52.6 Å². The van der Waals surface area contributed by atoms with E-state index in [4.69, 9.17) is 0 Å². The summed E-state index contributed by atoms with van der Waals surface area (Å²) >= 11 is 0. The zero-order valence-electron chi connectivity index (χ0n) is 16.0. The molecule has 28 heavy (non-hydrogen) atoms. The topological polar surface area (TPSA) is 3.24 Å². The van der Waals surface area contributed by atoms with E-state index >= 15 is 0 Å². The third-order valence-corrected chi connectivity index (χ3v) is 4.90. The van der Waals surface area contributed by atoms with Crippen molar-refractivity contribution in [1.82, 2.24) is 0 Å². The van der Waals surface area contributed by atoms with Gasteiger partial charge in [0.25, 0.3) is 0 Å². The molecule has 0 amide bonds. The second kappa shape index (κ2) is 8.41. The molecule has 0 spiro atoms. The van der Waals surface area contributed by atoms with Crippen molar-refractivity contribution in [3.63, 3.8) is 0 Å². The van der Waals surface area contributed by atoms with E-state index in [-0.39, 0.29) is 0 Å². The van der Waals surface area contributed by atoms with Crippen LogP contribution >= 0.6 is 0 Å². The number of benzene rings is 4. The van der Waals surface area contributed by atoms with Gasteiger partial charge in [-0.1, -0.05) is 91.0 Å². The average Bonchev–Trinajstić information content (AvgIpc) is 2.79. The monoisotopic (exact) mass is 361 g/mol. The molecule has 0 aromatic heterocycles. The molecule has 1 nitrogen and oxygen atoms in total. The SMILES string of the molecule is CN(c1ccccc1)c1ccc(C=C(c2ccccc2)c2ccccc2)cc1. The first-order valence-corrected chi connectivity index (χ1v) is 9.53. The van der Waals surface area contributed by atoms with E-state index in [0.717, 1.165) is 0 Å². The highest BCUT2D eigenvalue weighted by Crippen LogP contribution is 2.28. The first kappa shape index (κ1) is 17.8. The Balaban J connectivity index is 1.67. The van der Waals surface area contributed by atoms with Crippen LogP contribution in [-0.4, -0.2) is 7.05 Å². The molecule has 0 heterocycles. The van der Waals surface area contributed by atoms with Gasteiger partial charge in [-0.25, -0.2) is 0 Å². The molecule has 4 aromatic carbocycles. The van der Waals surface area contributed by atoms with Crippen LogP contribution in [0.4, 0.5) is 11.4 Å². The summed E-state index contributed by atoms with van der Waals surface area (Å²) in [5, 5.41) is 0. The van der Waals surface area contributed by atoms with E-state index in [1.54, 1.807) is 0 Å². The number of hydrogen-bond acceptors (Lipinski definition) is 1. The summed E-state index contributed by atoms with van der Waals surface area (Å²) in [7, 11) is 2.10. The van der Waals surface area contributed by atoms with Crippen molar-refractivity contribution in [3.05, 3.63) is 132 Å². The van der Waals surface area contributed by atoms with Crippen LogP contribution in [0, 0.1) is 0 Å². The Bertz CT molecular complexity index is 992. The zero-order chi connectivity index (χ0) is 19.2. The van der Waals surface area contributed by atoms with Crippen LogP contribution < -0.4 is 4.90 Å². The van der Waals surface area contributed by atoms with Crippen molar-refractivity contribution in [2.24, 2.45) is 0 Å². The third kappa shape index (κ3) is 4.05. The molecule has 136 valence electrons. The molecule has 0 bridgehead atoms. The van der Waals surface area contributed by atoms with Crippen molar-refractivity contribution in [2.45, 2.75) is 0 Å². The molecule has 0 saturated heterocycles. The fraction of sp³-hybridized carbons (Fsp3) is 0.0370. The number of anilines is 2. The zero-order valence-corrected chi connectivity index (χ0v) is 16.0. The first-order chi connectivity index (χ1) is 13.8. The Labute approximate surface area is 167 Å². The second-order valence-corrected chi connectivity index (χ2v) is 6.78. The molecule has 4 aromatic rings. The molecule has 0 unspecified atom stereocenters. The van der Waals surface area contributed by atoms with Crippen LogP contribution in [0.5, 0.6) is 0 Å². The summed E-state index contributed by atoms with van der Waals surface area (Å²) in [6.07, 6.45) is 2.26. The van der Waals surface area contributed by atoms with Crippen molar-refractivity contribution in [2.75, 3.05) is 11.9 Å². The van der Waals surface area contributed by atoms with Gasteiger partial charge in [0.2, 0.25) is 0 Å². The lowest BCUT2D eigenvalue weighted by Crippen LogP contribution is -2.08. The standard InChI is InChI=1S/C27H23N/c1-28(25-15-9-4-10-16-25)26-19-17-22(18-20-26)21-27(23-11-5-2-6-12-23)24-13-7-3-8-14-24/h2-21H,1H3. The number of rotatable bonds is 5. The normalized spacial score (nSPS) is 10.3. The number of para-hydroxylation sites is 1. The Morgan fingerprint density at radius 3 is 1.46 bits per heavy atom. The Hall–Kier alpha value is -3.58. The van der Waals surface area contributed by atoms with E-state index in [1.165, 1.54) is 33.6 Å². The molecular formula is C27H23N. The van der Waals surface area contributed by atoms with Crippen LogP contribution in [0.15, 0.2) is 115 Å². The lowest BCUT2D eigenvalue weighted by molar-refractivity contribution is 1.21. The summed E-state index contributed by atoms with van der Waals surface area (Å²) < 4.78 is 0. The minimum absolute atomic E-state index is 1.17. The molecule has 0 aliphatic rings. The van der Waals surface area contributed by atoms with Crippen molar-refractivity contribution < 1.29 is 0 Å². The highest BCUT2D eigenvalue weighted by molar-refractivity contribution is 5.91. The summed E-state index contributed by atoms with van der Waals surface area (Å²) in [6, 6.07) is 40.2. The first-order valence-electron chi connectivity index (χ1n) is 9.53. The fourth-order valence-electron chi connectivity index (χ4n) is 3.33. The molecule has 0 N–H and O–H groups in total. The van der Waals surface area contributed by atoms with Gasteiger partial charge in [0, 0.05) is 18.4 Å². The van der Waals surface area contributed by atoms with Gasteiger partial charge in [0.1, 0.15) is 0 Å². The van der Waals surface area contributed by atoms with Crippen LogP contribution in [0.25, 0.3) is 11.6 Å². The van der Waals surface area contributed by atoms with Gasteiger partial charge in [0.15, 0.2) is 0 Å². The van der Waals surface area contributed by atoms with E-state index in [9.17, 15) is 0 Å². The molecule has 0 aliphatic carbocycles.